The molecule has 0 spiro atoms. The molecule has 2 aromatic carbocycles. The molecule has 0 aliphatic carbocycles. The zero-order chi connectivity index (χ0) is 17.9. The summed E-state index contributed by atoms with van der Waals surface area (Å²) in [6.45, 7) is 4.23. The number of carbonyl (C=O) groups excluding carboxylic acids is 1. The number of nitrogens with one attached hydrogen (secondary N) is 1. The molecule has 0 bridgehead atoms. The number of benzene rings is 2. The second-order valence-corrected chi connectivity index (χ2v) is 4.95. The van der Waals surface area contributed by atoms with E-state index in [4.69, 9.17) is 9.57 Å². The third-order valence-corrected chi connectivity index (χ3v) is 3.18. The van der Waals surface area contributed by atoms with Crippen LogP contribution in [0, 0.1) is 0 Å². The van der Waals surface area contributed by atoms with Gasteiger partial charge in [-0.3, -0.25) is 5.32 Å². The molecule has 0 heterocycles. The highest BCUT2D eigenvalue weighted by Crippen LogP contribution is 2.19. The molecular formula is C19H20N2O4. The number of carbonyl (C=O) groups is 1. The van der Waals surface area contributed by atoms with E-state index in [1.807, 2.05) is 42.5 Å². The van der Waals surface area contributed by atoms with Gasteiger partial charge >= 0.3 is 6.09 Å². The number of rotatable bonds is 8. The molecule has 0 aliphatic rings. The van der Waals surface area contributed by atoms with Gasteiger partial charge in [0.1, 0.15) is 19.0 Å². The Balaban J connectivity index is 1.94. The minimum atomic E-state index is -0.519. The van der Waals surface area contributed by atoms with Crippen molar-refractivity contribution in [2.45, 2.75) is 6.61 Å². The van der Waals surface area contributed by atoms with E-state index in [1.165, 1.54) is 7.11 Å². The first-order chi connectivity index (χ1) is 12.2. The van der Waals surface area contributed by atoms with Gasteiger partial charge in [-0.2, -0.15) is 0 Å². The molecule has 0 fully saturated rings. The van der Waals surface area contributed by atoms with E-state index in [0.29, 0.717) is 24.7 Å². The van der Waals surface area contributed by atoms with Crippen LogP contribution in [-0.4, -0.2) is 26.0 Å². The summed E-state index contributed by atoms with van der Waals surface area (Å²) in [6, 6.07) is 14.8. The predicted octanol–water partition coefficient (Wildman–Crippen LogP) is 3.98. The molecule has 25 heavy (non-hydrogen) atoms. The quantitative estimate of drug-likeness (QED) is 0.341. The standard InChI is InChI=1S/C19H20N2O4/c1-3-12-25-20-13-15-8-10-17(11-9-15)24-14-16-6-4-5-7-18(16)21-19(22)23-2/h3-11,13H,1,12,14H2,2H3,(H,21,22). The number of hydrogen-bond donors (Lipinski definition) is 1. The summed E-state index contributed by atoms with van der Waals surface area (Å²) in [7, 11) is 1.32. The highest BCUT2D eigenvalue weighted by Gasteiger charge is 2.06. The Kier molecular flexibility index (Phi) is 7.06. The Bertz CT molecular complexity index is 726. The first kappa shape index (κ1) is 18.1. The van der Waals surface area contributed by atoms with Crippen LogP contribution in [0.3, 0.4) is 0 Å². The summed E-state index contributed by atoms with van der Waals surface area (Å²) < 4.78 is 10.4. The lowest BCUT2D eigenvalue weighted by Gasteiger charge is -2.11. The molecule has 130 valence electrons. The largest absolute Gasteiger partial charge is 0.489 e. The zero-order valence-electron chi connectivity index (χ0n) is 14.0. The van der Waals surface area contributed by atoms with E-state index in [1.54, 1.807) is 18.4 Å². The molecular weight excluding hydrogens is 320 g/mol. The maximum atomic E-state index is 11.4. The van der Waals surface area contributed by atoms with Crippen LogP contribution in [0.25, 0.3) is 0 Å². The second-order valence-electron chi connectivity index (χ2n) is 4.95. The molecule has 1 amide bonds. The van der Waals surface area contributed by atoms with Crippen molar-refractivity contribution in [2.24, 2.45) is 5.16 Å². The molecule has 0 atom stereocenters. The predicted molar refractivity (Wildman–Crippen MR) is 97.0 cm³/mol. The fourth-order valence-corrected chi connectivity index (χ4v) is 1.93. The topological polar surface area (TPSA) is 69.2 Å². The van der Waals surface area contributed by atoms with Gasteiger partial charge in [0.2, 0.25) is 0 Å². The molecule has 2 rings (SSSR count). The van der Waals surface area contributed by atoms with Crippen molar-refractivity contribution in [1.82, 2.24) is 0 Å². The number of hydrogen-bond acceptors (Lipinski definition) is 5. The lowest BCUT2D eigenvalue weighted by Crippen LogP contribution is -2.13. The second kappa shape index (κ2) is 9.77. The lowest BCUT2D eigenvalue weighted by atomic mass is 10.2. The smallest absolute Gasteiger partial charge is 0.411 e. The van der Waals surface area contributed by atoms with E-state index in [0.717, 1.165) is 11.1 Å². The normalized spacial score (nSPS) is 10.3. The molecule has 0 aromatic heterocycles. The maximum Gasteiger partial charge on any atom is 0.411 e. The first-order valence-corrected chi connectivity index (χ1v) is 7.65. The van der Waals surface area contributed by atoms with Crippen molar-refractivity contribution in [3.63, 3.8) is 0 Å². The highest BCUT2D eigenvalue weighted by molar-refractivity contribution is 5.85. The van der Waals surface area contributed by atoms with Crippen molar-refractivity contribution in [3.8, 4) is 5.75 Å². The number of para-hydroxylation sites is 1. The van der Waals surface area contributed by atoms with Gasteiger partial charge < -0.3 is 14.3 Å². The lowest BCUT2D eigenvalue weighted by molar-refractivity contribution is 0.176. The van der Waals surface area contributed by atoms with Gasteiger partial charge in [-0.25, -0.2) is 4.79 Å². The fraction of sp³-hybridized carbons (Fsp3) is 0.158. The van der Waals surface area contributed by atoms with Gasteiger partial charge in [-0.05, 0) is 35.9 Å². The van der Waals surface area contributed by atoms with Crippen LogP contribution in [-0.2, 0) is 16.2 Å². The summed E-state index contributed by atoms with van der Waals surface area (Å²) in [6.07, 6.45) is 2.72. The van der Waals surface area contributed by atoms with Crippen molar-refractivity contribution in [3.05, 3.63) is 72.3 Å². The van der Waals surface area contributed by atoms with Gasteiger partial charge in [0.15, 0.2) is 0 Å². The fourth-order valence-electron chi connectivity index (χ4n) is 1.93. The van der Waals surface area contributed by atoms with Gasteiger partial charge in [-0.1, -0.05) is 36.0 Å². The maximum absolute atomic E-state index is 11.4. The summed E-state index contributed by atoms with van der Waals surface area (Å²) in [4.78, 5) is 16.3. The van der Waals surface area contributed by atoms with E-state index >= 15 is 0 Å². The Morgan fingerprint density at radius 1 is 1.20 bits per heavy atom. The molecule has 2 aromatic rings. The zero-order valence-corrected chi connectivity index (χ0v) is 14.0. The van der Waals surface area contributed by atoms with Gasteiger partial charge in [0.05, 0.1) is 19.0 Å². The Morgan fingerprint density at radius 3 is 2.68 bits per heavy atom. The highest BCUT2D eigenvalue weighted by atomic mass is 16.6. The number of amides is 1. The Labute approximate surface area is 146 Å². The van der Waals surface area contributed by atoms with Crippen molar-refractivity contribution in [2.75, 3.05) is 19.0 Å². The molecule has 0 saturated carbocycles. The monoisotopic (exact) mass is 340 g/mol. The Morgan fingerprint density at radius 2 is 1.96 bits per heavy atom. The molecule has 6 nitrogen and oxygen atoms in total. The van der Waals surface area contributed by atoms with E-state index in [9.17, 15) is 4.79 Å². The van der Waals surface area contributed by atoms with Crippen LogP contribution in [0.5, 0.6) is 5.75 Å². The van der Waals surface area contributed by atoms with Crippen LogP contribution in [0.4, 0.5) is 10.5 Å². The van der Waals surface area contributed by atoms with Crippen molar-refractivity contribution < 1.29 is 19.1 Å². The van der Waals surface area contributed by atoms with E-state index in [2.05, 4.69) is 21.8 Å². The molecule has 0 saturated heterocycles. The number of methoxy groups -OCH3 is 1. The minimum Gasteiger partial charge on any atom is -0.489 e. The van der Waals surface area contributed by atoms with Crippen LogP contribution < -0.4 is 10.1 Å². The number of oxime groups is 1. The number of ether oxygens (including phenoxy) is 2. The van der Waals surface area contributed by atoms with Gasteiger partial charge in [-0.15, -0.1) is 0 Å². The van der Waals surface area contributed by atoms with E-state index in [-0.39, 0.29) is 0 Å². The third kappa shape index (κ3) is 6.02. The molecule has 0 radical (unpaired) electrons. The summed E-state index contributed by atoms with van der Waals surface area (Å²) in [5.74, 6) is 0.706. The average Bonchev–Trinajstić information content (AvgIpc) is 2.65. The van der Waals surface area contributed by atoms with Crippen LogP contribution in [0.1, 0.15) is 11.1 Å². The summed E-state index contributed by atoms with van der Waals surface area (Å²) in [5, 5.41) is 6.47. The number of anilines is 1. The van der Waals surface area contributed by atoms with Crippen molar-refractivity contribution >= 4 is 18.0 Å². The van der Waals surface area contributed by atoms with Gasteiger partial charge in [0.25, 0.3) is 0 Å². The van der Waals surface area contributed by atoms with Crippen LogP contribution >= 0.6 is 0 Å². The summed E-state index contributed by atoms with van der Waals surface area (Å²) in [5.41, 5.74) is 2.39. The summed E-state index contributed by atoms with van der Waals surface area (Å²) >= 11 is 0. The van der Waals surface area contributed by atoms with Crippen LogP contribution in [0.15, 0.2) is 66.3 Å². The van der Waals surface area contributed by atoms with Crippen LogP contribution in [0.2, 0.25) is 0 Å². The molecule has 0 unspecified atom stereocenters. The molecule has 0 aliphatic heterocycles. The molecule has 1 N–H and O–H groups in total. The van der Waals surface area contributed by atoms with E-state index < -0.39 is 6.09 Å². The first-order valence-electron chi connectivity index (χ1n) is 7.65. The SMILES string of the molecule is C=CCON=Cc1ccc(OCc2ccccc2NC(=O)OC)cc1. The minimum absolute atomic E-state index is 0.316. The number of nitrogens with zero attached hydrogens (tertiary/aromatic N) is 1. The van der Waals surface area contributed by atoms with Crippen molar-refractivity contribution in [1.29, 1.82) is 0 Å². The average molecular weight is 340 g/mol. The third-order valence-electron chi connectivity index (χ3n) is 3.18. The van der Waals surface area contributed by atoms with Gasteiger partial charge in [0, 0.05) is 5.56 Å². The Hall–Kier alpha value is -3.28. The molecule has 6 heteroatoms.